The maximum Gasteiger partial charge on any atom is 0.268 e. The van der Waals surface area contributed by atoms with E-state index < -0.39 is 0 Å². The van der Waals surface area contributed by atoms with E-state index in [4.69, 9.17) is 0 Å². The Morgan fingerprint density at radius 3 is 2.79 bits per heavy atom. The molecule has 0 fully saturated rings. The summed E-state index contributed by atoms with van der Waals surface area (Å²) in [7, 11) is 0. The number of aromatic nitrogens is 2. The van der Waals surface area contributed by atoms with E-state index in [1.165, 1.54) is 11.3 Å². The number of aromatic amines is 1. The highest BCUT2D eigenvalue weighted by molar-refractivity contribution is 7.17. The summed E-state index contributed by atoms with van der Waals surface area (Å²) in [4.78, 5) is 18.9. The second-order valence-electron chi connectivity index (χ2n) is 4.30. The molecule has 0 atom stereocenters. The van der Waals surface area contributed by atoms with Gasteiger partial charge in [0.15, 0.2) is 0 Å². The largest absolute Gasteiger partial charge is 0.309 e. The van der Waals surface area contributed by atoms with Crippen molar-refractivity contribution in [1.82, 2.24) is 9.97 Å². The van der Waals surface area contributed by atoms with Crippen LogP contribution in [0.4, 0.5) is 0 Å². The second kappa shape index (κ2) is 2.92. The van der Waals surface area contributed by atoms with Gasteiger partial charge in [-0.2, -0.15) is 0 Å². The summed E-state index contributed by atoms with van der Waals surface area (Å²) in [5.74, 6) is 0.744. The predicted molar refractivity (Wildman–Crippen MR) is 58.9 cm³/mol. The van der Waals surface area contributed by atoms with Crippen LogP contribution in [0.25, 0.3) is 10.2 Å². The molecule has 0 aliphatic heterocycles. The zero-order valence-electron chi connectivity index (χ0n) is 8.42. The van der Waals surface area contributed by atoms with Crippen molar-refractivity contribution in [3.63, 3.8) is 0 Å². The fraction of sp³-hybridized carbons (Fsp3) is 0.400. The molecule has 2 aromatic rings. The van der Waals surface area contributed by atoms with Crippen molar-refractivity contribution in [2.24, 2.45) is 0 Å². The standard InChI is InChI=1S/C10H12N2OS/c1-10(2,3)9-11-6-4-5-14-7(6)8(13)12-9/h4-5H,1-3H3,(H,11,12,13). The van der Waals surface area contributed by atoms with Crippen molar-refractivity contribution in [2.45, 2.75) is 26.2 Å². The van der Waals surface area contributed by atoms with E-state index in [1.807, 2.05) is 32.2 Å². The number of hydrogen-bond donors (Lipinski definition) is 1. The third-order valence-corrected chi connectivity index (χ3v) is 2.93. The van der Waals surface area contributed by atoms with Gasteiger partial charge in [0.1, 0.15) is 10.5 Å². The number of nitrogens with one attached hydrogen (secondary N) is 1. The molecule has 14 heavy (non-hydrogen) atoms. The quantitative estimate of drug-likeness (QED) is 0.722. The first-order chi connectivity index (χ1) is 6.48. The van der Waals surface area contributed by atoms with Crippen molar-refractivity contribution in [2.75, 3.05) is 0 Å². The molecule has 2 rings (SSSR count). The molecule has 0 aromatic carbocycles. The van der Waals surface area contributed by atoms with Crippen LogP contribution in [0.5, 0.6) is 0 Å². The summed E-state index contributed by atoms with van der Waals surface area (Å²) in [6.07, 6.45) is 0. The summed E-state index contributed by atoms with van der Waals surface area (Å²) in [6, 6.07) is 1.88. The first-order valence-corrected chi connectivity index (χ1v) is 5.34. The van der Waals surface area contributed by atoms with Crippen LogP contribution >= 0.6 is 11.3 Å². The van der Waals surface area contributed by atoms with Crippen molar-refractivity contribution >= 4 is 21.6 Å². The van der Waals surface area contributed by atoms with Gasteiger partial charge in [-0.05, 0) is 11.4 Å². The maximum absolute atomic E-state index is 11.6. The van der Waals surface area contributed by atoms with Crippen LogP contribution in [0.15, 0.2) is 16.2 Å². The molecule has 0 unspecified atom stereocenters. The van der Waals surface area contributed by atoms with Crippen LogP contribution in [0.1, 0.15) is 26.6 Å². The Morgan fingerprint density at radius 2 is 2.14 bits per heavy atom. The highest BCUT2D eigenvalue weighted by atomic mass is 32.1. The van der Waals surface area contributed by atoms with Gasteiger partial charge in [-0.15, -0.1) is 11.3 Å². The molecule has 0 amide bonds. The Hall–Kier alpha value is -1.16. The van der Waals surface area contributed by atoms with Crippen LogP contribution in [0.3, 0.4) is 0 Å². The fourth-order valence-corrected chi connectivity index (χ4v) is 1.95. The third-order valence-electron chi connectivity index (χ3n) is 2.03. The van der Waals surface area contributed by atoms with Gasteiger partial charge in [0.25, 0.3) is 5.56 Å². The van der Waals surface area contributed by atoms with Crippen LogP contribution in [-0.2, 0) is 5.41 Å². The molecular weight excluding hydrogens is 196 g/mol. The van der Waals surface area contributed by atoms with Gasteiger partial charge in [-0.1, -0.05) is 20.8 Å². The van der Waals surface area contributed by atoms with E-state index in [0.29, 0.717) is 4.70 Å². The molecule has 2 aromatic heterocycles. The highest BCUT2D eigenvalue weighted by Crippen LogP contribution is 2.20. The Bertz CT molecular complexity index is 519. The molecule has 4 heteroatoms. The summed E-state index contributed by atoms with van der Waals surface area (Å²) in [6.45, 7) is 6.09. The molecule has 0 saturated carbocycles. The summed E-state index contributed by atoms with van der Waals surface area (Å²) >= 11 is 1.43. The van der Waals surface area contributed by atoms with E-state index in [-0.39, 0.29) is 11.0 Å². The lowest BCUT2D eigenvalue weighted by molar-refractivity contribution is 0.546. The minimum Gasteiger partial charge on any atom is -0.309 e. The number of fused-ring (bicyclic) bond motifs is 1. The smallest absolute Gasteiger partial charge is 0.268 e. The van der Waals surface area contributed by atoms with E-state index in [9.17, 15) is 4.79 Å². The third kappa shape index (κ3) is 1.46. The fourth-order valence-electron chi connectivity index (χ4n) is 1.23. The minimum absolute atomic E-state index is 0.0325. The van der Waals surface area contributed by atoms with E-state index >= 15 is 0 Å². The molecule has 0 spiro atoms. The predicted octanol–water partition coefficient (Wildman–Crippen LogP) is 2.28. The van der Waals surface area contributed by atoms with Gasteiger partial charge in [0.2, 0.25) is 0 Å². The van der Waals surface area contributed by atoms with Crippen LogP contribution in [0, 0.1) is 0 Å². The number of hydrogen-bond acceptors (Lipinski definition) is 3. The summed E-state index contributed by atoms with van der Waals surface area (Å²) < 4.78 is 0.706. The first-order valence-electron chi connectivity index (χ1n) is 4.46. The molecular formula is C10H12N2OS. The Balaban J connectivity index is 2.77. The lowest BCUT2D eigenvalue weighted by Gasteiger charge is -2.16. The van der Waals surface area contributed by atoms with Gasteiger partial charge >= 0.3 is 0 Å². The molecule has 74 valence electrons. The van der Waals surface area contributed by atoms with Crippen LogP contribution in [-0.4, -0.2) is 9.97 Å². The number of thiophene rings is 1. The Morgan fingerprint density at radius 1 is 1.43 bits per heavy atom. The average Bonchev–Trinajstić information content (AvgIpc) is 2.50. The molecule has 2 heterocycles. The van der Waals surface area contributed by atoms with Crippen molar-refractivity contribution in [3.05, 3.63) is 27.6 Å². The Kier molecular flexibility index (Phi) is 1.96. The topological polar surface area (TPSA) is 45.8 Å². The highest BCUT2D eigenvalue weighted by Gasteiger charge is 2.17. The summed E-state index contributed by atoms with van der Waals surface area (Å²) in [5.41, 5.74) is 0.647. The second-order valence-corrected chi connectivity index (χ2v) is 5.22. The van der Waals surface area contributed by atoms with Crippen molar-refractivity contribution < 1.29 is 0 Å². The Labute approximate surface area is 85.8 Å². The number of H-pyrrole nitrogens is 1. The van der Waals surface area contributed by atoms with E-state index in [2.05, 4.69) is 9.97 Å². The molecule has 0 saturated heterocycles. The van der Waals surface area contributed by atoms with Gasteiger partial charge in [0, 0.05) is 5.41 Å². The maximum atomic E-state index is 11.6. The van der Waals surface area contributed by atoms with E-state index in [0.717, 1.165) is 11.3 Å². The summed E-state index contributed by atoms with van der Waals surface area (Å²) in [5, 5.41) is 1.89. The van der Waals surface area contributed by atoms with Crippen molar-refractivity contribution in [3.8, 4) is 0 Å². The van der Waals surface area contributed by atoms with Gasteiger partial charge < -0.3 is 4.98 Å². The van der Waals surface area contributed by atoms with Gasteiger partial charge in [0.05, 0.1) is 5.52 Å². The molecule has 0 aliphatic carbocycles. The molecule has 3 nitrogen and oxygen atoms in total. The lowest BCUT2D eigenvalue weighted by Crippen LogP contribution is -2.21. The lowest BCUT2D eigenvalue weighted by atomic mass is 9.96. The van der Waals surface area contributed by atoms with E-state index in [1.54, 1.807) is 0 Å². The molecule has 0 radical (unpaired) electrons. The molecule has 1 N–H and O–H groups in total. The van der Waals surface area contributed by atoms with Crippen LogP contribution < -0.4 is 5.56 Å². The zero-order valence-corrected chi connectivity index (χ0v) is 9.23. The first kappa shape index (κ1) is 9.40. The van der Waals surface area contributed by atoms with Crippen LogP contribution in [0.2, 0.25) is 0 Å². The zero-order chi connectivity index (χ0) is 10.3. The van der Waals surface area contributed by atoms with Crippen molar-refractivity contribution in [1.29, 1.82) is 0 Å². The average molecular weight is 208 g/mol. The molecule has 0 bridgehead atoms. The number of nitrogens with zero attached hydrogens (tertiary/aromatic N) is 1. The van der Waals surface area contributed by atoms with Gasteiger partial charge in [-0.25, -0.2) is 4.98 Å². The molecule has 0 aliphatic rings. The number of rotatable bonds is 0. The van der Waals surface area contributed by atoms with Gasteiger partial charge in [-0.3, -0.25) is 4.79 Å². The normalized spacial score (nSPS) is 12.2. The minimum atomic E-state index is -0.116. The SMILES string of the molecule is CC(C)(C)c1nc2ccsc2c(=O)[nH]1. The monoisotopic (exact) mass is 208 g/mol.